The average Bonchev–Trinajstić information content (AvgIpc) is 3.17. The summed E-state index contributed by atoms with van der Waals surface area (Å²) in [4.78, 5) is 27.0. The number of halogens is 1. The zero-order chi connectivity index (χ0) is 18.8. The van der Waals surface area contributed by atoms with Gasteiger partial charge in [0.15, 0.2) is 5.78 Å². The molecule has 2 aromatic rings. The van der Waals surface area contributed by atoms with E-state index in [-0.39, 0.29) is 24.5 Å². The number of ether oxygens (including phenoxy) is 1. The Morgan fingerprint density at radius 1 is 1.19 bits per heavy atom. The van der Waals surface area contributed by atoms with Crippen molar-refractivity contribution in [2.75, 3.05) is 6.54 Å². The molecular weight excluding hydrogens is 406 g/mol. The van der Waals surface area contributed by atoms with Crippen LogP contribution in [0.4, 0.5) is 4.79 Å². The first-order chi connectivity index (χ1) is 13.1. The van der Waals surface area contributed by atoms with Gasteiger partial charge in [-0.15, -0.1) is 0 Å². The number of nitrogens with zero attached hydrogens (tertiary/aromatic N) is 1. The van der Waals surface area contributed by atoms with Gasteiger partial charge in [0.1, 0.15) is 6.61 Å². The molecule has 4 nitrogen and oxygen atoms in total. The number of amides is 1. The molecule has 1 atom stereocenters. The van der Waals surface area contributed by atoms with Gasteiger partial charge in [-0.3, -0.25) is 4.79 Å². The maximum Gasteiger partial charge on any atom is 0.410 e. The molecule has 0 radical (unpaired) electrons. The summed E-state index contributed by atoms with van der Waals surface area (Å²) in [5.74, 6) is 0.0112. The number of likely N-dealkylation sites (tertiary alicyclic amines) is 1. The lowest BCUT2D eigenvalue weighted by Crippen LogP contribution is -2.38. The second kappa shape index (κ2) is 7.69. The molecule has 1 aliphatic carbocycles. The minimum absolute atomic E-state index is 0.0112. The van der Waals surface area contributed by atoms with Crippen molar-refractivity contribution in [2.24, 2.45) is 0 Å². The molecule has 1 fully saturated rings. The highest BCUT2D eigenvalue weighted by molar-refractivity contribution is 9.10. The smallest absolute Gasteiger partial charge is 0.410 e. The number of benzene rings is 2. The minimum Gasteiger partial charge on any atom is -0.445 e. The van der Waals surface area contributed by atoms with Crippen molar-refractivity contribution in [3.8, 4) is 0 Å². The molecule has 0 aromatic heterocycles. The Labute approximate surface area is 167 Å². The van der Waals surface area contributed by atoms with Crippen LogP contribution >= 0.6 is 15.9 Å². The second-order valence-electron chi connectivity index (χ2n) is 6.95. The Bertz CT molecular complexity index is 907. The Morgan fingerprint density at radius 2 is 2.00 bits per heavy atom. The third-order valence-corrected chi connectivity index (χ3v) is 5.66. The molecule has 2 aromatic carbocycles. The highest BCUT2D eigenvalue weighted by atomic mass is 79.9. The molecule has 1 heterocycles. The van der Waals surface area contributed by atoms with Crippen molar-refractivity contribution in [1.82, 2.24) is 4.90 Å². The summed E-state index contributed by atoms with van der Waals surface area (Å²) in [6, 6.07) is 15.4. The van der Waals surface area contributed by atoms with E-state index in [0.29, 0.717) is 13.0 Å². The molecule has 0 saturated carbocycles. The maximum atomic E-state index is 12.6. The molecule has 4 rings (SSSR count). The molecule has 0 N–H and O–H groups in total. The molecule has 0 spiro atoms. The summed E-state index contributed by atoms with van der Waals surface area (Å²) in [5, 5.41) is 0. The van der Waals surface area contributed by atoms with Gasteiger partial charge in [-0.05, 0) is 54.2 Å². The fraction of sp³-hybridized carbons (Fsp3) is 0.273. The summed E-state index contributed by atoms with van der Waals surface area (Å²) < 4.78 is 6.42. The van der Waals surface area contributed by atoms with E-state index in [4.69, 9.17) is 4.74 Å². The van der Waals surface area contributed by atoms with Crippen LogP contribution in [0.25, 0.3) is 0 Å². The van der Waals surface area contributed by atoms with E-state index in [0.717, 1.165) is 39.6 Å². The van der Waals surface area contributed by atoms with Crippen LogP contribution in [0.15, 0.2) is 64.7 Å². The fourth-order valence-electron chi connectivity index (χ4n) is 3.84. The lowest BCUT2D eigenvalue weighted by Gasteiger charge is -2.28. The fourth-order valence-corrected chi connectivity index (χ4v) is 4.20. The normalized spacial score (nSPS) is 18.9. The van der Waals surface area contributed by atoms with Crippen molar-refractivity contribution in [1.29, 1.82) is 0 Å². The van der Waals surface area contributed by atoms with Gasteiger partial charge in [-0.25, -0.2) is 4.79 Å². The van der Waals surface area contributed by atoms with E-state index in [2.05, 4.69) is 15.9 Å². The van der Waals surface area contributed by atoms with E-state index in [1.165, 1.54) is 0 Å². The number of hydrogen-bond donors (Lipinski definition) is 0. The Kier molecular flexibility index (Phi) is 5.12. The van der Waals surface area contributed by atoms with E-state index < -0.39 is 0 Å². The van der Waals surface area contributed by atoms with Gasteiger partial charge >= 0.3 is 6.09 Å². The maximum absolute atomic E-state index is 12.6. The molecule has 0 bridgehead atoms. The number of rotatable bonds is 3. The average molecular weight is 426 g/mol. The molecule has 1 unspecified atom stereocenters. The van der Waals surface area contributed by atoms with E-state index >= 15 is 0 Å². The molecule has 2 aliphatic rings. The number of carbonyl (C=O) groups excluding carboxylic acids is 2. The van der Waals surface area contributed by atoms with Gasteiger partial charge in [-0.1, -0.05) is 52.3 Å². The number of ketones is 1. The molecule has 5 heteroatoms. The standard InChI is InChI=1S/C22H20BrNO3/c23-18-9-8-16-11-17(12-21(25)19(16)13-18)20-7-4-10-24(20)22(26)27-14-15-5-2-1-3-6-15/h1-3,5-6,8-9,12-13,20H,4,7,10-11,14H2. The predicted octanol–water partition coefficient (Wildman–Crippen LogP) is 4.92. The van der Waals surface area contributed by atoms with Crippen LogP contribution in [0.1, 0.15) is 34.3 Å². The van der Waals surface area contributed by atoms with E-state index in [1.54, 1.807) is 11.0 Å². The lowest BCUT2D eigenvalue weighted by molar-refractivity contribution is 0.0948. The van der Waals surface area contributed by atoms with Crippen molar-refractivity contribution >= 4 is 27.8 Å². The van der Waals surface area contributed by atoms with Crippen LogP contribution in [0.3, 0.4) is 0 Å². The van der Waals surface area contributed by atoms with Crippen LogP contribution in [0.5, 0.6) is 0 Å². The molecule has 1 aliphatic heterocycles. The van der Waals surface area contributed by atoms with Crippen molar-refractivity contribution in [3.05, 3.63) is 81.3 Å². The van der Waals surface area contributed by atoms with E-state index in [1.807, 2.05) is 48.5 Å². The monoisotopic (exact) mass is 425 g/mol. The third kappa shape index (κ3) is 3.83. The Balaban J connectivity index is 1.48. The topological polar surface area (TPSA) is 46.6 Å². The quantitative estimate of drug-likeness (QED) is 0.701. The Morgan fingerprint density at radius 3 is 2.81 bits per heavy atom. The molecule has 1 amide bonds. The highest BCUT2D eigenvalue weighted by Gasteiger charge is 2.34. The van der Waals surface area contributed by atoms with Crippen LogP contribution in [-0.2, 0) is 17.8 Å². The summed E-state index contributed by atoms with van der Waals surface area (Å²) in [5.41, 5.74) is 3.73. The van der Waals surface area contributed by atoms with E-state index in [9.17, 15) is 9.59 Å². The largest absolute Gasteiger partial charge is 0.445 e. The number of allylic oxidation sites excluding steroid dienone is 1. The first kappa shape index (κ1) is 18.0. The molecule has 27 heavy (non-hydrogen) atoms. The Hall–Kier alpha value is -2.40. The highest BCUT2D eigenvalue weighted by Crippen LogP contribution is 2.32. The van der Waals surface area contributed by atoms with Gasteiger partial charge < -0.3 is 9.64 Å². The lowest BCUT2D eigenvalue weighted by atomic mass is 9.87. The van der Waals surface area contributed by atoms with Crippen molar-refractivity contribution < 1.29 is 14.3 Å². The summed E-state index contributed by atoms with van der Waals surface area (Å²) in [7, 11) is 0. The molecular formula is C22H20BrNO3. The summed E-state index contributed by atoms with van der Waals surface area (Å²) in [6.45, 7) is 0.925. The van der Waals surface area contributed by atoms with Gasteiger partial charge in [0.25, 0.3) is 0 Å². The van der Waals surface area contributed by atoms with Gasteiger partial charge in [-0.2, -0.15) is 0 Å². The van der Waals surface area contributed by atoms with Crippen LogP contribution in [0.2, 0.25) is 0 Å². The van der Waals surface area contributed by atoms with Crippen LogP contribution in [0, 0.1) is 0 Å². The van der Waals surface area contributed by atoms with Crippen LogP contribution < -0.4 is 0 Å². The van der Waals surface area contributed by atoms with Crippen molar-refractivity contribution in [2.45, 2.75) is 31.9 Å². The summed E-state index contributed by atoms with van der Waals surface area (Å²) >= 11 is 3.42. The molecule has 138 valence electrons. The third-order valence-electron chi connectivity index (χ3n) is 5.17. The van der Waals surface area contributed by atoms with Gasteiger partial charge in [0.05, 0.1) is 6.04 Å². The van der Waals surface area contributed by atoms with Crippen molar-refractivity contribution in [3.63, 3.8) is 0 Å². The summed E-state index contributed by atoms with van der Waals surface area (Å²) in [6.07, 6.45) is 3.88. The van der Waals surface area contributed by atoms with Gasteiger partial charge in [0.2, 0.25) is 0 Å². The van der Waals surface area contributed by atoms with Gasteiger partial charge in [0, 0.05) is 16.6 Å². The van der Waals surface area contributed by atoms with Crippen LogP contribution in [-0.4, -0.2) is 29.4 Å². The predicted molar refractivity (Wildman–Crippen MR) is 107 cm³/mol. The minimum atomic E-state index is -0.309. The zero-order valence-corrected chi connectivity index (χ0v) is 16.4. The zero-order valence-electron chi connectivity index (χ0n) is 14.9. The SMILES string of the molecule is O=C1C=C(C2CCCN2C(=O)OCc2ccccc2)Cc2ccc(Br)cc21. The first-order valence-corrected chi connectivity index (χ1v) is 9.91. The first-order valence-electron chi connectivity index (χ1n) is 9.12. The number of carbonyl (C=O) groups is 2. The second-order valence-corrected chi connectivity index (χ2v) is 7.87. The number of hydrogen-bond acceptors (Lipinski definition) is 3. The molecule has 1 saturated heterocycles. The number of fused-ring (bicyclic) bond motifs is 1.